The van der Waals surface area contributed by atoms with Gasteiger partial charge in [0.1, 0.15) is 5.75 Å². The molecule has 2 aromatic carbocycles. The fourth-order valence-electron chi connectivity index (χ4n) is 2.13. The third kappa shape index (κ3) is 0.956. The second-order valence-electron chi connectivity index (χ2n) is 3.68. The molecule has 0 spiro atoms. The van der Waals surface area contributed by atoms with Gasteiger partial charge >= 0.3 is 0 Å². The Kier molecular flexibility index (Phi) is 1.42. The van der Waals surface area contributed by atoms with Gasteiger partial charge in [-0.25, -0.2) is 0 Å². The van der Waals surface area contributed by atoms with Crippen molar-refractivity contribution < 1.29 is 5.11 Å². The highest BCUT2D eigenvalue weighted by molar-refractivity contribution is 5.77. The number of benzene rings is 2. The van der Waals surface area contributed by atoms with Crippen LogP contribution in [-0.4, -0.2) is 5.11 Å². The van der Waals surface area contributed by atoms with Gasteiger partial charge in [0, 0.05) is 0 Å². The summed E-state index contributed by atoms with van der Waals surface area (Å²) in [6, 6.07) is 14.0. The van der Waals surface area contributed by atoms with E-state index in [1.165, 1.54) is 22.3 Å². The van der Waals surface area contributed by atoms with Crippen LogP contribution in [0.4, 0.5) is 0 Å². The maximum Gasteiger partial charge on any atom is 0.115 e. The zero-order valence-corrected chi connectivity index (χ0v) is 7.70. The lowest BCUT2D eigenvalue weighted by Crippen LogP contribution is -1.78. The summed E-state index contributed by atoms with van der Waals surface area (Å²) in [6.07, 6.45) is 0.944. The maximum absolute atomic E-state index is 9.38. The van der Waals surface area contributed by atoms with Crippen LogP contribution in [0, 0.1) is 0 Å². The molecule has 0 radical (unpaired) electrons. The minimum Gasteiger partial charge on any atom is -0.508 e. The largest absolute Gasteiger partial charge is 0.508 e. The Morgan fingerprint density at radius 2 is 1.64 bits per heavy atom. The molecule has 0 bridgehead atoms. The molecule has 0 amide bonds. The first kappa shape index (κ1) is 7.63. The monoisotopic (exact) mass is 182 g/mol. The lowest BCUT2D eigenvalue weighted by Gasteiger charge is -1.99. The number of phenols is 1. The highest BCUT2D eigenvalue weighted by atomic mass is 16.3. The van der Waals surface area contributed by atoms with E-state index in [-0.39, 0.29) is 0 Å². The molecule has 1 aliphatic rings. The van der Waals surface area contributed by atoms with Gasteiger partial charge in [-0.1, -0.05) is 30.3 Å². The molecule has 0 heterocycles. The summed E-state index contributed by atoms with van der Waals surface area (Å²) in [5, 5.41) is 9.38. The van der Waals surface area contributed by atoms with Crippen LogP contribution in [0.2, 0.25) is 0 Å². The Morgan fingerprint density at radius 3 is 2.57 bits per heavy atom. The first-order chi connectivity index (χ1) is 6.84. The quantitative estimate of drug-likeness (QED) is 0.566. The van der Waals surface area contributed by atoms with Gasteiger partial charge in [-0.3, -0.25) is 0 Å². The molecule has 0 aliphatic heterocycles. The van der Waals surface area contributed by atoms with E-state index in [0.717, 1.165) is 6.42 Å². The fraction of sp³-hybridized carbons (Fsp3) is 0.0769. The Bertz CT molecular complexity index is 500. The summed E-state index contributed by atoms with van der Waals surface area (Å²) in [4.78, 5) is 0. The molecule has 1 heteroatoms. The smallest absolute Gasteiger partial charge is 0.115 e. The van der Waals surface area contributed by atoms with Crippen molar-refractivity contribution in [1.29, 1.82) is 0 Å². The second-order valence-corrected chi connectivity index (χ2v) is 3.68. The van der Waals surface area contributed by atoms with Crippen LogP contribution >= 0.6 is 0 Å². The van der Waals surface area contributed by atoms with Crippen LogP contribution in [-0.2, 0) is 6.42 Å². The van der Waals surface area contributed by atoms with Crippen LogP contribution in [0.1, 0.15) is 11.1 Å². The van der Waals surface area contributed by atoms with Gasteiger partial charge in [0.25, 0.3) is 0 Å². The molecule has 1 nitrogen and oxygen atoms in total. The van der Waals surface area contributed by atoms with Crippen molar-refractivity contribution in [2.45, 2.75) is 6.42 Å². The molecule has 3 rings (SSSR count). The van der Waals surface area contributed by atoms with Crippen molar-refractivity contribution in [3.05, 3.63) is 53.6 Å². The molecule has 2 aromatic rings. The Morgan fingerprint density at radius 1 is 0.857 bits per heavy atom. The second kappa shape index (κ2) is 2.61. The third-order valence-electron chi connectivity index (χ3n) is 2.78. The average molecular weight is 182 g/mol. The number of rotatable bonds is 0. The van der Waals surface area contributed by atoms with Crippen LogP contribution in [0.5, 0.6) is 5.75 Å². The zero-order chi connectivity index (χ0) is 9.54. The van der Waals surface area contributed by atoms with E-state index in [0.29, 0.717) is 5.75 Å². The molecule has 14 heavy (non-hydrogen) atoms. The Balaban J connectivity index is 2.27. The predicted octanol–water partition coefficient (Wildman–Crippen LogP) is 2.96. The van der Waals surface area contributed by atoms with Crippen LogP contribution in [0.15, 0.2) is 42.5 Å². The molecule has 0 aromatic heterocycles. The molecule has 1 aliphatic carbocycles. The highest BCUT2D eigenvalue weighted by Gasteiger charge is 2.17. The molecule has 0 unspecified atom stereocenters. The van der Waals surface area contributed by atoms with E-state index in [4.69, 9.17) is 0 Å². The number of phenolic OH excluding ortho intramolecular Hbond substituents is 1. The molecule has 0 fully saturated rings. The van der Waals surface area contributed by atoms with Gasteiger partial charge in [-0.15, -0.1) is 0 Å². The van der Waals surface area contributed by atoms with Crippen molar-refractivity contribution in [2.24, 2.45) is 0 Å². The van der Waals surface area contributed by atoms with Gasteiger partial charge < -0.3 is 5.11 Å². The lowest BCUT2D eigenvalue weighted by atomic mass is 10.1. The molecule has 0 saturated heterocycles. The summed E-state index contributed by atoms with van der Waals surface area (Å²) in [6.45, 7) is 0. The number of aromatic hydroxyl groups is 1. The van der Waals surface area contributed by atoms with Gasteiger partial charge in [0.2, 0.25) is 0 Å². The van der Waals surface area contributed by atoms with Crippen molar-refractivity contribution >= 4 is 0 Å². The summed E-state index contributed by atoms with van der Waals surface area (Å²) in [7, 11) is 0. The zero-order valence-electron chi connectivity index (χ0n) is 7.70. The molecule has 68 valence electrons. The lowest BCUT2D eigenvalue weighted by molar-refractivity contribution is 0.475. The Hall–Kier alpha value is -1.76. The molecule has 0 atom stereocenters. The van der Waals surface area contributed by atoms with Gasteiger partial charge in [-0.2, -0.15) is 0 Å². The van der Waals surface area contributed by atoms with Crippen LogP contribution < -0.4 is 0 Å². The van der Waals surface area contributed by atoms with Gasteiger partial charge in [-0.05, 0) is 40.8 Å². The predicted molar refractivity (Wildman–Crippen MR) is 56.3 cm³/mol. The van der Waals surface area contributed by atoms with Crippen molar-refractivity contribution in [3.63, 3.8) is 0 Å². The minimum atomic E-state index is 0.358. The van der Waals surface area contributed by atoms with Gasteiger partial charge in [0.05, 0.1) is 0 Å². The summed E-state index contributed by atoms with van der Waals surface area (Å²) >= 11 is 0. The SMILES string of the molecule is Oc1ccc2c(c1)Cc1ccccc1-2. The van der Waals surface area contributed by atoms with Crippen LogP contribution in [0.25, 0.3) is 11.1 Å². The maximum atomic E-state index is 9.38. The van der Waals surface area contributed by atoms with Crippen molar-refractivity contribution in [1.82, 2.24) is 0 Å². The summed E-state index contributed by atoms with van der Waals surface area (Å²) in [5.74, 6) is 0.358. The Labute approximate surface area is 82.6 Å². The first-order valence-corrected chi connectivity index (χ1v) is 4.75. The van der Waals surface area contributed by atoms with E-state index in [9.17, 15) is 5.11 Å². The standard InChI is InChI=1S/C13H10O/c14-11-5-6-13-10(8-11)7-9-3-1-2-4-12(9)13/h1-6,8,14H,7H2. The van der Waals surface area contributed by atoms with Crippen molar-refractivity contribution in [2.75, 3.05) is 0 Å². The van der Waals surface area contributed by atoms with Crippen LogP contribution in [0.3, 0.4) is 0 Å². The number of hydrogen-bond acceptors (Lipinski definition) is 1. The molecular formula is C13H10O. The first-order valence-electron chi connectivity index (χ1n) is 4.75. The van der Waals surface area contributed by atoms with E-state index in [2.05, 4.69) is 24.3 Å². The summed E-state index contributed by atoms with van der Waals surface area (Å²) in [5.41, 5.74) is 5.15. The average Bonchev–Trinajstić information content (AvgIpc) is 2.54. The van der Waals surface area contributed by atoms with Gasteiger partial charge in [0.15, 0.2) is 0 Å². The molecule has 0 saturated carbocycles. The number of hydrogen-bond donors (Lipinski definition) is 1. The van der Waals surface area contributed by atoms with E-state index >= 15 is 0 Å². The molecular weight excluding hydrogens is 172 g/mol. The molecule has 1 N–H and O–H groups in total. The normalized spacial score (nSPS) is 12.3. The minimum absolute atomic E-state index is 0.358. The van der Waals surface area contributed by atoms with Crippen molar-refractivity contribution in [3.8, 4) is 16.9 Å². The third-order valence-corrected chi connectivity index (χ3v) is 2.78. The topological polar surface area (TPSA) is 20.2 Å². The summed E-state index contributed by atoms with van der Waals surface area (Å²) < 4.78 is 0. The van der Waals surface area contributed by atoms with E-state index < -0.39 is 0 Å². The van der Waals surface area contributed by atoms with E-state index in [1.807, 2.05) is 12.1 Å². The van der Waals surface area contributed by atoms with E-state index in [1.54, 1.807) is 6.07 Å². The fourth-order valence-corrected chi connectivity index (χ4v) is 2.13. The highest BCUT2D eigenvalue weighted by Crippen LogP contribution is 2.37. The number of fused-ring (bicyclic) bond motifs is 3.